The highest BCUT2D eigenvalue weighted by atomic mass is 15.1. The molecule has 0 saturated heterocycles. The fourth-order valence-electron chi connectivity index (χ4n) is 9.49. The molecule has 10 rings (SSSR count). The van der Waals surface area contributed by atoms with Crippen LogP contribution in [0.4, 0.5) is 17.1 Å². The SMILES string of the molecule is CC1(C)c2ccccc2-c2ccc(N(c3ccc(-c4ccccc4-c4cccc5c4C(C)(C)c4ccccc4-5)cc3)c3cccc4ccccc34)cc21. The van der Waals surface area contributed by atoms with Crippen LogP contribution in [0.2, 0.25) is 0 Å². The highest BCUT2D eigenvalue weighted by molar-refractivity contribution is 6.00. The first-order valence-corrected chi connectivity index (χ1v) is 18.8. The van der Waals surface area contributed by atoms with Crippen molar-refractivity contribution in [2.45, 2.75) is 38.5 Å². The summed E-state index contributed by atoms with van der Waals surface area (Å²) in [4.78, 5) is 2.45. The lowest BCUT2D eigenvalue weighted by Gasteiger charge is -2.29. The summed E-state index contributed by atoms with van der Waals surface area (Å²) in [6, 6.07) is 65.2. The van der Waals surface area contributed by atoms with Crippen molar-refractivity contribution in [2.75, 3.05) is 4.90 Å². The summed E-state index contributed by atoms with van der Waals surface area (Å²) in [7, 11) is 0. The van der Waals surface area contributed by atoms with Crippen molar-refractivity contribution < 1.29 is 0 Å². The second-order valence-corrected chi connectivity index (χ2v) is 15.7. The van der Waals surface area contributed by atoms with E-state index in [9.17, 15) is 0 Å². The van der Waals surface area contributed by atoms with Crippen molar-refractivity contribution in [3.05, 3.63) is 198 Å². The van der Waals surface area contributed by atoms with Gasteiger partial charge < -0.3 is 4.90 Å². The van der Waals surface area contributed by atoms with Gasteiger partial charge in [0.1, 0.15) is 0 Å². The Morgan fingerprint density at radius 1 is 0.358 bits per heavy atom. The van der Waals surface area contributed by atoms with E-state index in [1.54, 1.807) is 0 Å². The monoisotopic (exact) mass is 679 g/mol. The maximum atomic E-state index is 2.45. The molecule has 1 heteroatoms. The van der Waals surface area contributed by atoms with Crippen LogP contribution >= 0.6 is 0 Å². The van der Waals surface area contributed by atoms with E-state index in [1.807, 2.05) is 0 Å². The first kappa shape index (κ1) is 31.5. The van der Waals surface area contributed by atoms with Crippen molar-refractivity contribution in [2.24, 2.45) is 0 Å². The largest absolute Gasteiger partial charge is 0.310 e. The van der Waals surface area contributed by atoms with Crippen molar-refractivity contribution in [3.8, 4) is 44.5 Å². The van der Waals surface area contributed by atoms with Gasteiger partial charge in [-0.2, -0.15) is 0 Å². The van der Waals surface area contributed by atoms with Gasteiger partial charge in [0.05, 0.1) is 5.69 Å². The molecule has 53 heavy (non-hydrogen) atoms. The van der Waals surface area contributed by atoms with Crippen LogP contribution in [0.25, 0.3) is 55.3 Å². The minimum Gasteiger partial charge on any atom is -0.310 e. The van der Waals surface area contributed by atoms with Crippen molar-refractivity contribution in [1.82, 2.24) is 0 Å². The smallest absolute Gasteiger partial charge is 0.0540 e. The predicted molar refractivity (Wildman–Crippen MR) is 225 cm³/mol. The van der Waals surface area contributed by atoms with Crippen molar-refractivity contribution >= 4 is 27.8 Å². The Labute approximate surface area is 312 Å². The molecule has 0 N–H and O–H groups in total. The third-order valence-electron chi connectivity index (χ3n) is 12.1. The van der Waals surface area contributed by atoms with Gasteiger partial charge in [-0.3, -0.25) is 0 Å². The fourth-order valence-corrected chi connectivity index (χ4v) is 9.49. The summed E-state index contributed by atoms with van der Waals surface area (Å²) in [6.07, 6.45) is 0. The molecule has 2 aliphatic rings. The van der Waals surface area contributed by atoms with Crippen LogP contribution in [0.5, 0.6) is 0 Å². The molecule has 2 aliphatic carbocycles. The van der Waals surface area contributed by atoms with Crippen LogP contribution in [0, 0.1) is 0 Å². The first-order chi connectivity index (χ1) is 25.8. The fraction of sp³-hybridized carbons (Fsp3) is 0.115. The van der Waals surface area contributed by atoms with E-state index in [4.69, 9.17) is 0 Å². The molecular formula is C52H41N. The van der Waals surface area contributed by atoms with Crippen LogP contribution in [-0.2, 0) is 10.8 Å². The van der Waals surface area contributed by atoms with Gasteiger partial charge >= 0.3 is 0 Å². The first-order valence-electron chi connectivity index (χ1n) is 18.8. The van der Waals surface area contributed by atoms with Crippen molar-refractivity contribution in [3.63, 3.8) is 0 Å². The van der Waals surface area contributed by atoms with E-state index >= 15 is 0 Å². The lowest BCUT2D eigenvalue weighted by atomic mass is 9.78. The molecule has 0 saturated carbocycles. The molecule has 8 aromatic rings. The summed E-state index contributed by atoms with van der Waals surface area (Å²) in [5.74, 6) is 0. The maximum Gasteiger partial charge on any atom is 0.0540 e. The molecule has 0 aromatic heterocycles. The van der Waals surface area contributed by atoms with Crippen LogP contribution in [0.15, 0.2) is 176 Å². The van der Waals surface area contributed by atoms with Crippen molar-refractivity contribution in [1.29, 1.82) is 0 Å². The Morgan fingerprint density at radius 3 is 1.62 bits per heavy atom. The molecule has 8 aromatic carbocycles. The number of benzene rings is 8. The van der Waals surface area contributed by atoms with E-state index in [2.05, 4.69) is 209 Å². The van der Waals surface area contributed by atoms with Gasteiger partial charge in [0.2, 0.25) is 0 Å². The Bertz CT molecular complexity index is 2720. The molecule has 0 bridgehead atoms. The molecule has 0 aliphatic heterocycles. The molecule has 0 fully saturated rings. The van der Waals surface area contributed by atoms with Crippen LogP contribution in [-0.4, -0.2) is 0 Å². The minimum absolute atomic E-state index is 0.0898. The third-order valence-corrected chi connectivity index (χ3v) is 12.1. The number of anilines is 3. The topological polar surface area (TPSA) is 3.24 Å². The third kappa shape index (κ3) is 4.70. The standard InChI is InChI=1S/C52H41N/c1-51(2)46-24-11-9-20-41(46)43-32-31-37(33-48(43)51)53(49-26-13-16-34-15-5-6-18-39(34)49)36-29-27-35(28-30-36)38-17-7-8-19-40(38)44-22-14-23-45-42-21-10-12-25-47(42)52(3,4)50(44)45/h5-33H,1-4H3. The average Bonchev–Trinajstić information content (AvgIpc) is 3.58. The minimum atomic E-state index is -0.0930. The predicted octanol–water partition coefficient (Wildman–Crippen LogP) is 14.3. The van der Waals surface area contributed by atoms with Crippen LogP contribution < -0.4 is 4.90 Å². The van der Waals surface area contributed by atoms with Crippen LogP contribution in [0.3, 0.4) is 0 Å². The summed E-state index contributed by atoms with van der Waals surface area (Å²) < 4.78 is 0. The van der Waals surface area contributed by atoms with E-state index in [-0.39, 0.29) is 10.8 Å². The van der Waals surface area contributed by atoms with Gasteiger partial charge in [-0.1, -0.05) is 173 Å². The average molecular weight is 680 g/mol. The van der Waals surface area contributed by atoms with Gasteiger partial charge in [-0.15, -0.1) is 0 Å². The lowest BCUT2D eigenvalue weighted by Crippen LogP contribution is -2.16. The quantitative estimate of drug-likeness (QED) is 0.175. The maximum absolute atomic E-state index is 2.45. The van der Waals surface area contributed by atoms with Gasteiger partial charge in [0.15, 0.2) is 0 Å². The molecular weight excluding hydrogens is 639 g/mol. The van der Waals surface area contributed by atoms with E-state index in [1.165, 1.54) is 83.2 Å². The number of hydrogen-bond acceptors (Lipinski definition) is 1. The normalized spacial score (nSPS) is 14.3. The zero-order valence-corrected chi connectivity index (χ0v) is 30.7. The second kappa shape index (κ2) is 11.7. The Morgan fingerprint density at radius 2 is 0.868 bits per heavy atom. The second-order valence-electron chi connectivity index (χ2n) is 15.7. The highest BCUT2D eigenvalue weighted by Crippen LogP contribution is 2.54. The molecule has 0 heterocycles. The number of fused-ring (bicyclic) bond motifs is 7. The zero-order chi connectivity index (χ0) is 35.9. The molecule has 1 nitrogen and oxygen atoms in total. The van der Waals surface area contributed by atoms with Gasteiger partial charge in [-0.25, -0.2) is 0 Å². The van der Waals surface area contributed by atoms with E-state index < -0.39 is 0 Å². The summed E-state index contributed by atoms with van der Waals surface area (Å²) in [5.41, 5.74) is 19.3. The molecule has 0 spiro atoms. The van der Waals surface area contributed by atoms with Gasteiger partial charge in [0, 0.05) is 27.6 Å². The Hall–Kier alpha value is -6.18. The highest BCUT2D eigenvalue weighted by Gasteiger charge is 2.38. The summed E-state index contributed by atoms with van der Waals surface area (Å²) in [6.45, 7) is 9.47. The number of rotatable bonds is 5. The van der Waals surface area contributed by atoms with Gasteiger partial charge in [0.25, 0.3) is 0 Å². The summed E-state index contributed by atoms with van der Waals surface area (Å²) >= 11 is 0. The molecule has 0 radical (unpaired) electrons. The molecule has 0 amide bonds. The van der Waals surface area contributed by atoms with Gasteiger partial charge in [-0.05, 0) is 102 Å². The lowest BCUT2D eigenvalue weighted by molar-refractivity contribution is 0.660. The Balaban J connectivity index is 1.11. The number of nitrogens with zero attached hydrogens (tertiary/aromatic N) is 1. The Kier molecular flexibility index (Phi) is 6.94. The van der Waals surface area contributed by atoms with E-state index in [0.29, 0.717) is 0 Å². The number of hydrogen-bond donors (Lipinski definition) is 0. The molecule has 254 valence electrons. The molecule has 0 unspecified atom stereocenters. The zero-order valence-electron chi connectivity index (χ0n) is 30.7. The summed E-state index contributed by atoms with van der Waals surface area (Å²) in [5, 5.41) is 2.46. The molecule has 0 atom stereocenters. The van der Waals surface area contributed by atoms with E-state index in [0.717, 1.165) is 11.4 Å². The van der Waals surface area contributed by atoms with Crippen LogP contribution in [0.1, 0.15) is 49.9 Å².